The van der Waals surface area contributed by atoms with Crippen molar-refractivity contribution in [3.63, 3.8) is 0 Å². The summed E-state index contributed by atoms with van der Waals surface area (Å²) in [5, 5.41) is 0. The van der Waals surface area contributed by atoms with E-state index < -0.39 is 0 Å². The number of carbonyl (C=O) groups excluding carboxylic acids is 1. The molecule has 0 spiro atoms. The van der Waals surface area contributed by atoms with Crippen LogP contribution in [-0.2, 0) is 4.79 Å². The van der Waals surface area contributed by atoms with Gasteiger partial charge in [-0.1, -0.05) is 39.3 Å². The summed E-state index contributed by atoms with van der Waals surface area (Å²) in [7, 11) is 0. The number of pyridine rings is 1. The number of nitrogens with zero attached hydrogens (tertiary/aromatic N) is 1. The van der Waals surface area contributed by atoms with Gasteiger partial charge in [0.05, 0.1) is 5.69 Å². The summed E-state index contributed by atoms with van der Waals surface area (Å²) in [5.41, 5.74) is 3.56. The monoisotopic (exact) mass is 285 g/mol. The fourth-order valence-corrected chi connectivity index (χ4v) is 2.87. The number of rotatable bonds is 6. The van der Waals surface area contributed by atoms with Crippen LogP contribution in [0.15, 0.2) is 24.3 Å². The van der Waals surface area contributed by atoms with E-state index in [-0.39, 0.29) is 5.92 Å². The van der Waals surface area contributed by atoms with Gasteiger partial charge < -0.3 is 0 Å². The second-order valence-electron chi connectivity index (χ2n) is 6.37. The van der Waals surface area contributed by atoms with Crippen LogP contribution in [0.1, 0.15) is 76.6 Å². The molecule has 0 N–H and O–H groups in total. The highest BCUT2D eigenvalue weighted by Crippen LogP contribution is 2.31. The Balaban J connectivity index is 2.02. The normalized spacial score (nSPS) is 18.7. The number of allylic oxidation sites excluding steroid dienone is 2. The molecule has 114 valence electrons. The molecule has 0 saturated carbocycles. The zero-order valence-electron chi connectivity index (χ0n) is 13.6. The van der Waals surface area contributed by atoms with Crippen molar-refractivity contribution < 1.29 is 4.79 Å². The first kappa shape index (κ1) is 15.9. The first-order chi connectivity index (χ1) is 10.1. The molecule has 0 fully saturated rings. The van der Waals surface area contributed by atoms with Gasteiger partial charge in [0.2, 0.25) is 0 Å². The van der Waals surface area contributed by atoms with E-state index in [0.29, 0.717) is 11.7 Å². The molecule has 21 heavy (non-hydrogen) atoms. The first-order valence-corrected chi connectivity index (χ1v) is 8.31. The molecule has 0 aromatic carbocycles. The molecule has 0 bridgehead atoms. The van der Waals surface area contributed by atoms with Crippen LogP contribution in [0.25, 0.3) is 5.57 Å². The number of Topliss-reactive ketones (excluding diaryl/α,β-unsaturated/α-hetero) is 1. The smallest absolute Gasteiger partial charge is 0.136 e. The maximum absolute atomic E-state index is 12.1. The van der Waals surface area contributed by atoms with E-state index in [2.05, 4.69) is 45.0 Å². The van der Waals surface area contributed by atoms with Crippen molar-refractivity contribution >= 4 is 11.4 Å². The van der Waals surface area contributed by atoms with Crippen LogP contribution in [0.3, 0.4) is 0 Å². The molecule has 1 aromatic rings. The highest BCUT2D eigenvalue weighted by atomic mass is 16.1. The molecule has 0 saturated heterocycles. The summed E-state index contributed by atoms with van der Waals surface area (Å²) in [6.07, 6.45) is 8.00. The number of unbranched alkanes of at least 4 members (excludes halogenated alkanes) is 1. The molecule has 1 aromatic heterocycles. The van der Waals surface area contributed by atoms with Crippen molar-refractivity contribution in [3.8, 4) is 0 Å². The third-order valence-electron chi connectivity index (χ3n) is 4.33. The van der Waals surface area contributed by atoms with E-state index in [1.54, 1.807) is 0 Å². The number of ketones is 1. The number of hydrogen-bond acceptors (Lipinski definition) is 2. The van der Waals surface area contributed by atoms with Gasteiger partial charge in [-0.2, -0.15) is 0 Å². The minimum atomic E-state index is 0.244. The van der Waals surface area contributed by atoms with Crippen molar-refractivity contribution in [1.29, 1.82) is 0 Å². The van der Waals surface area contributed by atoms with E-state index in [0.717, 1.165) is 49.9 Å². The van der Waals surface area contributed by atoms with Crippen LogP contribution in [-0.4, -0.2) is 10.8 Å². The lowest BCUT2D eigenvalue weighted by Gasteiger charge is -2.21. The molecule has 1 heterocycles. The maximum atomic E-state index is 12.1. The maximum Gasteiger partial charge on any atom is 0.136 e. The Hall–Kier alpha value is -1.44. The Kier molecular flexibility index (Phi) is 5.72. The molecule has 0 aliphatic heterocycles. The van der Waals surface area contributed by atoms with Gasteiger partial charge in [0.15, 0.2) is 0 Å². The van der Waals surface area contributed by atoms with Crippen LogP contribution in [0.4, 0.5) is 0 Å². The van der Waals surface area contributed by atoms with Crippen LogP contribution in [0.2, 0.25) is 0 Å². The molecule has 1 aliphatic rings. The summed E-state index contributed by atoms with van der Waals surface area (Å²) < 4.78 is 0. The Morgan fingerprint density at radius 1 is 1.38 bits per heavy atom. The van der Waals surface area contributed by atoms with E-state index in [9.17, 15) is 4.79 Å². The summed E-state index contributed by atoms with van der Waals surface area (Å²) in [6.45, 7) is 6.48. The second kappa shape index (κ2) is 7.53. The van der Waals surface area contributed by atoms with E-state index in [1.165, 1.54) is 5.57 Å². The fourth-order valence-electron chi connectivity index (χ4n) is 2.87. The van der Waals surface area contributed by atoms with Crippen molar-refractivity contribution in [2.75, 3.05) is 0 Å². The molecule has 2 nitrogen and oxygen atoms in total. The Labute approximate surface area is 128 Å². The molecule has 2 heteroatoms. The summed E-state index contributed by atoms with van der Waals surface area (Å²) >= 11 is 0. The molecular weight excluding hydrogens is 258 g/mol. The topological polar surface area (TPSA) is 30.0 Å². The van der Waals surface area contributed by atoms with Crippen molar-refractivity contribution in [2.24, 2.45) is 5.92 Å². The third kappa shape index (κ3) is 4.26. The predicted octanol–water partition coefficient (Wildman–Crippen LogP) is 5.15. The number of carbonyl (C=O) groups is 1. The minimum Gasteiger partial charge on any atom is -0.299 e. The molecular formula is C19H27NO. The lowest BCUT2D eigenvalue weighted by atomic mass is 9.84. The van der Waals surface area contributed by atoms with Gasteiger partial charge in [0.25, 0.3) is 0 Å². The van der Waals surface area contributed by atoms with E-state index in [1.807, 2.05) is 0 Å². The van der Waals surface area contributed by atoms with Gasteiger partial charge in [-0.15, -0.1) is 0 Å². The Bertz CT molecular complexity index is 516. The molecule has 2 rings (SSSR count). The van der Waals surface area contributed by atoms with Crippen LogP contribution < -0.4 is 0 Å². The standard InChI is InChI=1S/C19H27NO/c1-4-5-9-19(21)16-12-10-15(11-13-16)18-8-6-7-17(20-18)14(2)3/h6-8,10,14,16H,4-5,9,11-13H2,1-3H3. The third-order valence-corrected chi connectivity index (χ3v) is 4.33. The van der Waals surface area contributed by atoms with Crippen LogP contribution in [0, 0.1) is 5.92 Å². The van der Waals surface area contributed by atoms with Crippen LogP contribution >= 0.6 is 0 Å². The SMILES string of the molecule is CCCCC(=O)C1CC=C(c2cccc(C(C)C)n2)CC1. The predicted molar refractivity (Wildman–Crippen MR) is 88.2 cm³/mol. The number of aromatic nitrogens is 1. The summed E-state index contributed by atoms with van der Waals surface area (Å²) in [5.74, 6) is 1.15. The van der Waals surface area contributed by atoms with Crippen molar-refractivity contribution in [3.05, 3.63) is 35.7 Å². The molecule has 1 atom stereocenters. The van der Waals surface area contributed by atoms with Gasteiger partial charge in [-0.3, -0.25) is 9.78 Å². The van der Waals surface area contributed by atoms with Gasteiger partial charge in [0, 0.05) is 18.0 Å². The highest BCUT2D eigenvalue weighted by Gasteiger charge is 2.21. The minimum absolute atomic E-state index is 0.244. The highest BCUT2D eigenvalue weighted by molar-refractivity contribution is 5.82. The second-order valence-corrected chi connectivity index (χ2v) is 6.37. The lowest BCUT2D eigenvalue weighted by molar-refractivity contribution is -0.123. The fraction of sp³-hybridized carbons (Fsp3) is 0.579. The average molecular weight is 285 g/mol. The molecule has 0 radical (unpaired) electrons. The Morgan fingerprint density at radius 2 is 2.19 bits per heavy atom. The zero-order valence-corrected chi connectivity index (χ0v) is 13.6. The van der Waals surface area contributed by atoms with Crippen molar-refractivity contribution in [2.45, 2.75) is 65.2 Å². The zero-order chi connectivity index (χ0) is 15.2. The lowest BCUT2D eigenvalue weighted by Crippen LogP contribution is -2.17. The van der Waals surface area contributed by atoms with E-state index >= 15 is 0 Å². The van der Waals surface area contributed by atoms with Gasteiger partial charge >= 0.3 is 0 Å². The molecule has 1 unspecified atom stereocenters. The quantitative estimate of drug-likeness (QED) is 0.723. The molecule has 0 amide bonds. The number of hydrogen-bond donors (Lipinski definition) is 0. The summed E-state index contributed by atoms with van der Waals surface area (Å²) in [4.78, 5) is 16.9. The summed E-state index contributed by atoms with van der Waals surface area (Å²) in [6, 6.07) is 6.28. The largest absolute Gasteiger partial charge is 0.299 e. The van der Waals surface area contributed by atoms with Crippen molar-refractivity contribution in [1.82, 2.24) is 4.98 Å². The molecule has 1 aliphatic carbocycles. The van der Waals surface area contributed by atoms with Crippen LogP contribution in [0.5, 0.6) is 0 Å². The van der Waals surface area contributed by atoms with Gasteiger partial charge in [-0.05, 0) is 49.3 Å². The van der Waals surface area contributed by atoms with E-state index in [4.69, 9.17) is 4.98 Å². The Morgan fingerprint density at radius 3 is 2.81 bits per heavy atom. The first-order valence-electron chi connectivity index (χ1n) is 8.31. The van der Waals surface area contributed by atoms with Gasteiger partial charge in [-0.25, -0.2) is 0 Å². The average Bonchev–Trinajstić information content (AvgIpc) is 2.53. The van der Waals surface area contributed by atoms with Gasteiger partial charge in [0.1, 0.15) is 5.78 Å².